The van der Waals surface area contributed by atoms with Gasteiger partial charge in [0.05, 0.1) is 0 Å². The van der Waals surface area contributed by atoms with E-state index in [9.17, 15) is 9.90 Å². The molecular formula is C8H9NO2. The van der Waals surface area contributed by atoms with Crippen LogP contribution in [0.4, 0.5) is 0 Å². The maximum atomic E-state index is 11.2. The molecule has 2 fully saturated rings. The lowest BCUT2D eigenvalue weighted by Crippen LogP contribution is -2.41. The molecule has 1 saturated carbocycles. The van der Waals surface area contributed by atoms with E-state index in [1.807, 2.05) is 0 Å². The summed E-state index contributed by atoms with van der Waals surface area (Å²) in [6.45, 7) is 0. The molecule has 2 aliphatic rings. The number of fused-ring (bicyclic) bond motifs is 1. The van der Waals surface area contributed by atoms with Crippen LogP contribution >= 0.6 is 0 Å². The average molecular weight is 151 g/mol. The first kappa shape index (κ1) is 6.68. The fraction of sp³-hybridized carbons (Fsp3) is 0.625. The van der Waals surface area contributed by atoms with Gasteiger partial charge in [0.25, 0.3) is 5.91 Å². The molecule has 0 radical (unpaired) electrons. The highest BCUT2D eigenvalue weighted by Gasteiger charge is 2.65. The summed E-state index contributed by atoms with van der Waals surface area (Å²) < 4.78 is 0. The van der Waals surface area contributed by atoms with Crippen molar-refractivity contribution in [3.05, 3.63) is 0 Å². The van der Waals surface area contributed by atoms with Gasteiger partial charge in [-0.3, -0.25) is 4.79 Å². The predicted octanol–water partition coefficient (Wildman–Crippen LogP) is -0.789. The summed E-state index contributed by atoms with van der Waals surface area (Å²) in [6.07, 6.45) is 5.94. The second-order valence-electron chi connectivity index (χ2n) is 3.24. The molecule has 0 spiro atoms. The summed E-state index contributed by atoms with van der Waals surface area (Å²) in [6, 6.07) is 0.198. The lowest BCUT2D eigenvalue weighted by atomic mass is 10.0. The third-order valence-electron chi connectivity index (χ3n) is 2.66. The Bertz CT molecular complexity index is 268. The lowest BCUT2D eigenvalue weighted by Gasteiger charge is -2.18. The monoisotopic (exact) mass is 151 g/mol. The van der Waals surface area contributed by atoms with E-state index in [0.717, 1.165) is 6.42 Å². The molecule has 58 valence electrons. The topological polar surface area (TPSA) is 40.5 Å². The summed E-state index contributed by atoms with van der Waals surface area (Å²) >= 11 is 0. The molecule has 1 aliphatic carbocycles. The third kappa shape index (κ3) is 0.561. The highest BCUT2D eigenvalue weighted by Crippen LogP contribution is 2.50. The molecular weight excluding hydrogens is 142 g/mol. The van der Waals surface area contributed by atoms with E-state index in [0.29, 0.717) is 0 Å². The van der Waals surface area contributed by atoms with Crippen LogP contribution in [-0.4, -0.2) is 34.6 Å². The molecule has 0 aromatic carbocycles. The van der Waals surface area contributed by atoms with Crippen molar-refractivity contribution < 1.29 is 9.90 Å². The van der Waals surface area contributed by atoms with Crippen LogP contribution in [0.1, 0.15) is 6.42 Å². The Kier molecular flexibility index (Phi) is 0.967. The average Bonchev–Trinajstić information content (AvgIpc) is 2.75. The Morgan fingerprint density at radius 2 is 2.55 bits per heavy atom. The van der Waals surface area contributed by atoms with Crippen molar-refractivity contribution in [1.29, 1.82) is 0 Å². The zero-order valence-electron chi connectivity index (χ0n) is 6.24. The molecule has 3 atom stereocenters. The van der Waals surface area contributed by atoms with Gasteiger partial charge in [-0.1, -0.05) is 5.92 Å². The number of hydrogen-bond acceptors (Lipinski definition) is 2. The van der Waals surface area contributed by atoms with Crippen LogP contribution in [-0.2, 0) is 4.79 Å². The molecule has 1 amide bonds. The molecule has 1 saturated heterocycles. The number of aliphatic hydroxyl groups is 1. The molecule has 0 bridgehead atoms. The first-order valence-electron chi connectivity index (χ1n) is 3.58. The minimum atomic E-state index is -1.49. The number of nitrogens with zero attached hydrogens (tertiary/aromatic N) is 1. The van der Waals surface area contributed by atoms with Crippen molar-refractivity contribution in [2.45, 2.75) is 18.1 Å². The van der Waals surface area contributed by atoms with Gasteiger partial charge in [-0.2, -0.15) is 0 Å². The van der Waals surface area contributed by atoms with Crippen molar-refractivity contribution in [3.8, 4) is 12.3 Å². The van der Waals surface area contributed by atoms with Crippen LogP contribution in [0.3, 0.4) is 0 Å². The standard InChI is InChI=1S/C8H9NO2/c1-3-8(11)5-4-6(5)9(2)7(8)10/h1,5-6,11H,4H2,2H3. The molecule has 0 aromatic rings. The number of carbonyl (C=O) groups excluding carboxylic acids is 1. The van der Waals surface area contributed by atoms with Crippen LogP contribution in [0, 0.1) is 18.3 Å². The highest BCUT2D eigenvalue weighted by atomic mass is 16.3. The van der Waals surface area contributed by atoms with Crippen molar-refractivity contribution in [2.75, 3.05) is 7.05 Å². The van der Waals surface area contributed by atoms with E-state index in [-0.39, 0.29) is 17.9 Å². The second-order valence-corrected chi connectivity index (χ2v) is 3.24. The van der Waals surface area contributed by atoms with Crippen LogP contribution in [0.15, 0.2) is 0 Å². The van der Waals surface area contributed by atoms with Gasteiger partial charge in [0.1, 0.15) is 0 Å². The van der Waals surface area contributed by atoms with Gasteiger partial charge in [-0.15, -0.1) is 6.42 Å². The van der Waals surface area contributed by atoms with Crippen LogP contribution in [0.2, 0.25) is 0 Å². The summed E-state index contributed by atoms with van der Waals surface area (Å²) in [5.74, 6) is 1.85. The largest absolute Gasteiger partial charge is 0.369 e. The van der Waals surface area contributed by atoms with Crippen molar-refractivity contribution in [3.63, 3.8) is 0 Å². The Balaban J connectivity index is 2.39. The smallest absolute Gasteiger partial charge is 0.267 e. The third-order valence-corrected chi connectivity index (χ3v) is 2.66. The zero-order chi connectivity index (χ0) is 8.22. The number of amides is 1. The Morgan fingerprint density at radius 1 is 1.91 bits per heavy atom. The van der Waals surface area contributed by atoms with E-state index >= 15 is 0 Å². The van der Waals surface area contributed by atoms with Gasteiger partial charge in [-0.05, 0) is 6.42 Å². The van der Waals surface area contributed by atoms with Gasteiger partial charge in [-0.25, -0.2) is 0 Å². The van der Waals surface area contributed by atoms with E-state index in [1.165, 1.54) is 0 Å². The lowest BCUT2D eigenvalue weighted by molar-refractivity contribution is -0.140. The first-order chi connectivity index (χ1) is 5.11. The van der Waals surface area contributed by atoms with Gasteiger partial charge >= 0.3 is 0 Å². The molecule has 1 heterocycles. The summed E-state index contributed by atoms with van der Waals surface area (Å²) in [7, 11) is 1.68. The summed E-state index contributed by atoms with van der Waals surface area (Å²) in [5.41, 5.74) is -1.49. The Hall–Kier alpha value is -1.01. The molecule has 11 heavy (non-hydrogen) atoms. The number of terminal acetylenes is 1. The normalized spacial score (nSPS) is 47.0. The van der Waals surface area contributed by atoms with E-state index in [4.69, 9.17) is 6.42 Å². The number of rotatable bonds is 0. The van der Waals surface area contributed by atoms with Crippen molar-refractivity contribution in [2.24, 2.45) is 5.92 Å². The Morgan fingerprint density at radius 3 is 2.82 bits per heavy atom. The number of hydrogen-bond donors (Lipinski definition) is 1. The van der Waals surface area contributed by atoms with Gasteiger partial charge in [0.2, 0.25) is 5.60 Å². The summed E-state index contributed by atoms with van der Waals surface area (Å²) in [4.78, 5) is 12.8. The Labute approximate surface area is 65.0 Å². The highest BCUT2D eigenvalue weighted by molar-refractivity contribution is 5.93. The maximum Gasteiger partial charge on any atom is 0.267 e. The summed E-state index contributed by atoms with van der Waals surface area (Å²) in [5, 5.41) is 9.62. The molecule has 3 heteroatoms. The van der Waals surface area contributed by atoms with Crippen LogP contribution in [0.5, 0.6) is 0 Å². The van der Waals surface area contributed by atoms with Gasteiger partial charge < -0.3 is 10.0 Å². The van der Waals surface area contributed by atoms with E-state index in [2.05, 4.69) is 5.92 Å². The molecule has 0 aromatic heterocycles. The maximum absolute atomic E-state index is 11.2. The number of likely N-dealkylation sites (tertiary alicyclic amines) is 1. The quantitative estimate of drug-likeness (QED) is 0.461. The van der Waals surface area contributed by atoms with Crippen LogP contribution < -0.4 is 0 Å². The van der Waals surface area contributed by atoms with E-state index in [1.54, 1.807) is 11.9 Å². The van der Waals surface area contributed by atoms with Gasteiger partial charge in [0.15, 0.2) is 0 Å². The fourth-order valence-corrected chi connectivity index (χ4v) is 1.81. The second kappa shape index (κ2) is 1.59. The van der Waals surface area contributed by atoms with Gasteiger partial charge in [0, 0.05) is 19.0 Å². The minimum absolute atomic E-state index is 0.00926. The number of carbonyl (C=O) groups is 1. The molecule has 2 rings (SSSR count). The fourth-order valence-electron chi connectivity index (χ4n) is 1.81. The number of piperidine rings is 1. The number of likely N-dealkylation sites (N-methyl/N-ethyl adjacent to an activating group) is 1. The molecule has 1 aliphatic heterocycles. The first-order valence-corrected chi connectivity index (χ1v) is 3.58. The van der Waals surface area contributed by atoms with Crippen molar-refractivity contribution >= 4 is 5.91 Å². The minimum Gasteiger partial charge on any atom is -0.369 e. The predicted molar refractivity (Wildman–Crippen MR) is 38.4 cm³/mol. The van der Waals surface area contributed by atoms with Crippen molar-refractivity contribution in [1.82, 2.24) is 4.90 Å². The molecule has 1 N–H and O–H groups in total. The SMILES string of the molecule is C#CC1(O)C(=O)N(C)C2CC21. The zero-order valence-corrected chi connectivity index (χ0v) is 6.24. The molecule has 3 nitrogen and oxygen atoms in total. The van der Waals surface area contributed by atoms with Crippen LogP contribution in [0.25, 0.3) is 0 Å². The van der Waals surface area contributed by atoms with E-state index < -0.39 is 5.60 Å². The molecule has 3 unspecified atom stereocenters.